The zero-order chi connectivity index (χ0) is 13.1. The normalized spacial score (nSPS) is 10.2. The van der Waals surface area contributed by atoms with E-state index in [1.807, 2.05) is 0 Å². The third kappa shape index (κ3) is 3.04. The van der Waals surface area contributed by atoms with Crippen LogP contribution in [0.1, 0.15) is 10.4 Å². The maximum atomic E-state index is 12.9. The fourth-order valence-electron chi connectivity index (χ4n) is 1.29. The molecule has 0 heterocycles. The van der Waals surface area contributed by atoms with Crippen molar-refractivity contribution < 1.29 is 18.3 Å². The minimum atomic E-state index is -1.08. The third-order valence-electron chi connectivity index (χ3n) is 2.18. The van der Waals surface area contributed by atoms with E-state index < -0.39 is 17.6 Å². The van der Waals surface area contributed by atoms with Crippen molar-refractivity contribution in [1.82, 2.24) is 0 Å². The third-order valence-corrected chi connectivity index (χ3v) is 2.90. The molecule has 2 aromatic rings. The molecule has 0 fully saturated rings. The Morgan fingerprint density at radius 3 is 2.28 bits per heavy atom. The summed E-state index contributed by atoms with van der Waals surface area (Å²) in [5.74, 6) is -2.45. The first-order valence-corrected chi connectivity index (χ1v) is 6.07. The second-order valence-corrected chi connectivity index (χ2v) is 4.72. The number of carbonyl (C=O) groups excluding carboxylic acids is 1. The molecule has 0 spiro atoms. The number of hydrogen-bond donors (Lipinski definition) is 0. The van der Waals surface area contributed by atoms with Gasteiger partial charge in [0.2, 0.25) is 0 Å². The molecular weight excluding hydrogens is 353 g/mol. The number of rotatable bonds is 2. The minimum absolute atomic E-state index is 0.0348. The van der Waals surface area contributed by atoms with Crippen molar-refractivity contribution in [1.29, 1.82) is 0 Å². The van der Waals surface area contributed by atoms with Crippen LogP contribution in [-0.4, -0.2) is 5.97 Å². The number of ether oxygens (including phenoxy) is 1. The van der Waals surface area contributed by atoms with Gasteiger partial charge in [-0.3, -0.25) is 0 Å². The summed E-state index contributed by atoms with van der Waals surface area (Å²) < 4.78 is 31.7. The zero-order valence-electron chi connectivity index (χ0n) is 8.99. The Bertz CT molecular complexity index is 582. The first-order chi connectivity index (χ1) is 8.56. The molecule has 5 heteroatoms. The van der Waals surface area contributed by atoms with Crippen molar-refractivity contribution in [2.45, 2.75) is 0 Å². The van der Waals surface area contributed by atoms with Crippen molar-refractivity contribution in [2.75, 3.05) is 0 Å². The number of halogens is 3. The Morgan fingerprint density at radius 1 is 1.00 bits per heavy atom. The molecule has 0 atom stereocenters. The Labute approximate surface area is 116 Å². The first kappa shape index (κ1) is 12.9. The molecule has 0 aliphatic heterocycles. The maximum Gasteiger partial charge on any atom is 0.343 e. The van der Waals surface area contributed by atoms with Crippen LogP contribution in [0.3, 0.4) is 0 Å². The zero-order valence-corrected chi connectivity index (χ0v) is 11.1. The quantitative estimate of drug-likeness (QED) is 0.463. The van der Waals surface area contributed by atoms with Gasteiger partial charge in [0.05, 0.1) is 5.56 Å². The van der Waals surface area contributed by atoms with Crippen LogP contribution in [0.4, 0.5) is 8.78 Å². The van der Waals surface area contributed by atoms with Crippen molar-refractivity contribution in [2.24, 2.45) is 0 Å². The van der Waals surface area contributed by atoms with Crippen LogP contribution in [0, 0.1) is 15.2 Å². The van der Waals surface area contributed by atoms with Gasteiger partial charge in [0.1, 0.15) is 5.75 Å². The van der Waals surface area contributed by atoms with Gasteiger partial charge in [0.25, 0.3) is 0 Å². The van der Waals surface area contributed by atoms with Gasteiger partial charge >= 0.3 is 5.97 Å². The molecule has 0 aliphatic rings. The smallest absolute Gasteiger partial charge is 0.343 e. The average molecular weight is 360 g/mol. The van der Waals surface area contributed by atoms with Crippen molar-refractivity contribution >= 4 is 28.6 Å². The Balaban J connectivity index is 2.16. The summed E-state index contributed by atoms with van der Waals surface area (Å²) in [6.07, 6.45) is 0. The predicted octanol–water partition coefficient (Wildman–Crippen LogP) is 3.79. The van der Waals surface area contributed by atoms with Gasteiger partial charge in [0, 0.05) is 3.57 Å². The van der Waals surface area contributed by atoms with Gasteiger partial charge in [0.15, 0.2) is 11.6 Å². The van der Waals surface area contributed by atoms with Crippen LogP contribution in [0.2, 0.25) is 0 Å². The van der Waals surface area contributed by atoms with Crippen molar-refractivity contribution in [3.05, 3.63) is 63.2 Å². The van der Waals surface area contributed by atoms with E-state index in [2.05, 4.69) is 22.6 Å². The monoisotopic (exact) mass is 360 g/mol. The molecule has 0 N–H and O–H groups in total. The van der Waals surface area contributed by atoms with E-state index in [9.17, 15) is 13.6 Å². The number of benzene rings is 2. The van der Waals surface area contributed by atoms with Gasteiger partial charge in [-0.2, -0.15) is 0 Å². The molecule has 0 amide bonds. The lowest BCUT2D eigenvalue weighted by atomic mass is 10.2. The summed E-state index contributed by atoms with van der Waals surface area (Å²) in [7, 11) is 0. The number of carbonyl (C=O) groups is 1. The van der Waals surface area contributed by atoms with Crippen molar-refractivity contribution in [3.63, 3.8) is 0 Å². The van der Waals surface area contributed by atoms with Crippen LogP contribution in [0.5, 0.6) is 5.75 Å². The molecule has 2 nitrogen and oxygen atoms in total. The summed E-state index contributed by atoms with van der Waals surface area (Å²) in [6.45, 7) is 0. The standard InChI is InChI=1S/C13H7F2IO2/c14-11-6-1-8(7-12(11)15)13(17)18-10-4-2-9(16)3-5-10/h1-7H. The maximum absolute atomic E-state index is 12.9. The van der Waals surface area contributed by atoms with Crippen LogP contribution in [0.25, 0.3) is 0 Å². The highest BCUT2D eigenvalue weighted by atomic mass is 127. The molecule has 0 bridgehead atoms. The van der Waals surface area contributed by atoms with E-state index in [1.54, 1.807) is 24.3 Å². The Hall–Kier alpha value is -1.50. The highest BCUT2D eigenvalue weighted by Gasteiger charge is 2.11. The first-order valence-electron chi connectivity index (χ1n) is 4.99. The largest absolute Gasteiger partial charge is 0.423 e. The van der Waals surface area contributed by atoms with E-state index in [4.69, 9.17) is 4.74 Å². The summed E-state index contributed by atoms with van der Waals surface area (Å²) in [5.41, 5.74) is -0.0348. The van der Waals surface area contributed by atoms with Crippen LogP contribution in [0.15, 0.2) is 42.5 Å². The summed E-state index contributed by atoms with van der Waals surface area (Å²) in [5, 5.41) is 0. The molecule has 18 heavy (non-hydrogen) atoms. The SMILES string of the molecule is O=C(Oc1ccc(I)cc1)c1ccc(F)c(F)c1. The Morgan fingerprint density at radius 2 is 1.67 bits per heavy atom. The van der Waals surface area contributed by atoms with Crippen molar-refractivity contribution in [3.8, 4) is 5.75 Å². The second kappa shape index (κ2) is 5.43. The van der Waals surface area contributed by atoms with Gasteiger partial charge in [-0.25, -0.2) is 13.6 Å². The molecule has 0 aliphatic carbocycles. The highest BCUT2D eigenvalue weighted by molar-refractivity contribution is 14.1. The molecule has 92 valence electrons. The van der Waals surface area contributed by atoms with E-state index in [1.165, 1.54) is 6.07 Å². The average Bonchev–Trinajstić information content (AvgIpc) is 2.35. The van der Waals surface area contributed by atoms with Gasteiger partial charge < -0.3 is 4.74 Å². The van der Waals surface area contributed by atoms with Gasteiger partial charge in [-0.15, -0.1) is 0 Å². The van der Waals surface area contributed by atoms with Crippen LogP contribution in [-0.2, 0) is 0 Å². The molecular formula is C13H7F2IO2. The summed E-state index contributed by atoms with van der Waals surface area (Å²) in [4.78, 5) is 11.6. The minimum Gasteiger partial charge on any atom is -0.423 e. The highest BCUT2D eigenvalue weighted by Crippen LogP contribution is 2.16. The van der Waals surface area contributed by atoms with E-state index in [0.29, 0.717) is 5.75 Å². The molecule has 0 saturated carbocycles. The second-order valence-electron chi connectivity index (χ2n) is 3.47. The molecule has 2 aromatic carbocycles. The summed E-state index contributed by atoms with van der Waals surface area (Å²) >= 11 is 2.12. The molecule has 0 saturated heterocycles. The topological polar surface area (TPSA) is 26.3 Å². The van der Waals surface area contributed by atoms with Gasteiger partial charge in [-0.05, 0) is 65.1 Å². The number of esters is 1. The van der Waals surface area contributed by atoms with Crippen LogP contribution >= 0.6 is 22.6 Å². The van der Waals surface area contributed by atoms with Gasteiger partial charge in [-0.1, -0.05) is 0 Å². The lowest BCUT2D eigenvalue weighted by molar-refractivity contribution is 0.0734. The molecule has 0 aromatic heterocycles. The van der Waals surface area contributed by atoms with E-state index >= 15 is 0 Å². The van der Waals surface area contributed by atoms with Crippen LogP contribution < -0.4 is 4.74 Å². The molecule has 2 rings (SSSR count). The molecule has 0 radical (unpaired) electrons. The number of hydrogen-bond acceptors (Lipinski definition) is 2. The fourth-order valence-corrected chi connectivity index (χ4v) is 1.65. The lowest BCUT2D eigenvalue weighted by Gasteiger charge is -2.04. The predicted molar refractivity (Wildman–Crippen MR) is 70.5 cm³/mol. The lowest BCUT2D eigenvalue weighted by Crippen LogP contribution is -2.09. The summed E-state index contributed by atoms with van der Waals surface area (Å²) in [6, 6.07) is 9.67. The van der Waals surface area contributed by atoms with E-state index in [-0.39, 0.29) is 5.56 Å². The molecule has 0 unspecified atom stereocenters. The Kier molecular flexibility index (Phi) is 3.90. The van der Waals surface area contributed by atoms with E-state index in [0.717, 1.165) is 15.7 Å². The fraction of sp³-hybridized carbons (Fsp3) is 0.